The molecule has 0 saturated carbocycles. The van der Waals surface area contributed by atoms with Gasteiger partial charge < -0.3 is 14.4 Å². The van der Waals surface area contributed by atoms with Crippen molar-refractivity contribution in [1.82, 2.24) is 14.3 Å². The second kappa shape index (κ2) is 9.80. The number of morpholine rings is 1. The van der Waals surface area contributed by atoms with Crippen molar-refractivity contribution in [3.05, 3.63) is 74.5 Å². The van der Waals surface area contributed by atoms with E-state index in [-0.39, 0.29) is 11.5 Å². The van der Waals surface area contributed by atoms with Crippen LogP contribution < -0.4 is 15.2 Å². The van der Waals surface area contributed by atoms with Gasteiger partial charge in [0.1, 0.15) is 21.5 Å². The highest BCUT2D eigenvalue weighted by Gasteiger charge is 2.33. The third kappa shape index (κ3) is 4.56. The van der Waals surface area contributed by atoms with Crippen LogP contribution in [0, 0.1) is 6.92 Å². The molecule has 0 radical (unpaired) electrons. The van der Waals surface area contributed by atoms with Gasteiger partial charge in [-0.3, -0.25) is 18.9 Å². The van der Waals surface area contributed by atoms with E-state index >= 15 is 0 Å². The van der Waals surface area contributed by atoms with Crippen molar-refractivity contribution in [1.29, 1.82) is 0 Å². The van der Waals surface area contributed by atoms with E-state index in [0.29, 0.717) is 59.1 Å². The maximum atomic E-state index is 13.6. The topological polar surface area (TPSA) is 76.4 Å². The number of carbonyl (C=O) groups excluding carboxylic acids is 1. The van der Waals surface area contributed by atoms with E-state index in [2.05, 4.69) is 0 Å². The Morgan fingerprint density at radius 1 is 1.17 bits per heavy atom. The summed E-state index contributed by atoms with van der Waals surface area (Å²) >= 11 is 6.72. The molecule has 0 aliphatic carbocycles. The number of methoxy groups -OCH3 is 1. The van der Waals surface area contributed by atoms with Crippen LogP contribution >= 0.6 is 24.0 Å². The molecule has 0 atom stereocenters. The third-order valence-electron chi connectivity index (χ3n) is 6.02. The first kappa shape index (κ1) is 23.5. The van der Waals surface area contributed by atoms with Crippen LogP contribution in [0.4, 0.5) is 5.82 Å². The minimum Gasteiger partial charge on any atom is -0.497 e. The van der Waals surface area contributed by atoms with Crippen LogP contribution in [0.15, 0.2) is 52.3 Å². The van der Waals surface area contributed by atoms with E-state index < -0.39 is 0 Å². The molecule has 2 aliphatic heterocycles. The molecule has 0 N–H and O–H groups in total. The number of fused-ring (bicyclic) bond motifs is 1. The van der Waals surface area contributed by atoms with Crippen molar-refractivity contribution < 1.29 is 14.3 Å². The Kier molecular flexibility index (Phi) is 6.59. The van der Waals surface area contributed by atoms with Crippen molar-refractivity contribution >= 4 is 51.7 Å². The van der Waals surface area contributed by atoms with Crippen LogP contribution in [0.5, 0.6) is 5.75 Å². The molecule has 2 aromatic heterocycles. The molecule has 10 heteroatoms. The number of benzene rings is 1. The van der Waals surface area contributed by atoms with E-state index in [1.165, 1.54) is 16.2 Å². The Hall–Kier alpha value is -3.21. The number of aromatic nitrogens is 2. The number of nitrogens with zero attached hydrogens (tertiary/aromatic N) is 4. The number of anilines is 1. The molecule has 1 aromatic carbocycles. The number of hydrogen-bond donors (Lipinski definition) is 0. The second-order valence-electron chi connectivity index (χ2n) is 8.25. The zero-order chi connectivity index (χ0) is 24.5. The number of pyridine rings is 1. The Bertz CT molecular complexity index is 1400. The van der Waals surface area contributed by atoms with Gasteiger partial charge in [-0.05, 0) is 42.3 Å². The van der Waals surface area contributed by atoms with Gasteiger partial charge in [0.2, 0.25) is 0 Å². The Labute approximate surface area is 212 Å². The highest BCUT2D eigenvalue weighted by molar-refractivity contribution is 8.26. The zero-order valence-electron chi connectivity index (χ0n) is 19.4. The van der Waals surface area contributed by atoms with Crippen LogP contribution in [0.3, 0.4) is 0 Å². The van der Waals surface area contributed by atoms with Crippen LogP contribution in [0.2, 0.25) is 0 Å². The van der Waals surface area contributed by atoms with Gasteiger partial charge in [-0.25, -0.2) is 4.98 Å². The number of aryl methyl sites for hydroxylation is 1. The molecule has 4 heterocycles. The molecular formula is C25H24N4O4S2. The molecule has 35 heavy (non-hydrogen) atoms. The van der Waals surface area contributed by atoms with Gasteiger partial charge in [-0.15, -0.1) is 0 Å². The predicted molar refractivity (Wildman–Crippen MR) is 141 cm³/mol. The summed E-state index contributed by atoms with van der Waals surface area (Å²) in [7, 11) is 1.61. The Morgan fingerprint density at radius 2 is 1.91 bits per heavy atom. The summed E-state index contributed by atoms with van der Waals surface area (Å²) in [6.45, 7) is 4.61. The third-order valence-corrected chi connectivity index (χ3v) is 7.40. The highest BCUT2D eigenvalue weighted by atomic mass is 32.2. The van der Waals surface area contributed by atoms with Crippen LogP contribution in [0.25, 0.3) is 11.7 Å². The van der Waals surface area contributed by atoms with Crippen molar-refractivity contribution in [2.75, 3.05) is 38.3 Å². The lowest BCUT2D eigenvalue weighted by Crippen LogP contribution is -2.38. The van der Waals surface area contributed by atoms with E-state index in [1.807, 2.05) is 48.2 Å². The fourth-order valence-corrected chi connectivity index (χ4v) is 5.36. The highest BCUT2D eigenvalue weighted by Crippen LogP contribution is 2.34. The first-order valence-electron chi connectivity index (χ1n) is 11.2. The lowest BCUT2D eigenvalue weighted by Gasteiger charge is -2.29. The Morgan fingerprint density at radius 3 is 2.63 bits per heavy atom. The van der Waals surface area contributed by atoms with Gasteiger partial charge in [0.25, 0.3) is 11.5 Å². The summed E-state index contributed by atoms with van der Waals surface area (Å²) in [5.41, 5.74) is 2.58. The van der Waals surface area contributed by atoms with Gasteiger partial charge in [0.15, 0.2) is 0 Å². The molecule has 2 aliphatic rings. The van der Waals surface area contributed by atoms with Crippen LogP contribution in [0.1, 0.15) is 16.7 Å². The maximum Gasteiger partial charge on any atom is 0.267 e. The van der Waals surface area contributed by atoms with Crippen molar-refractivity contribution in [2.24, 2.45) is 0 Å². The lowest BCUT2D eigenvalue weighted by atomic mass is 10.2. The lowest BCUT2D eigenvalue weighted by molar-refractivity contribution is -0.122. The van der Waals surface area contributed by atoms with Gasteiger partial charge in [-0.2, -0.15) is 0 Å². The normalized spacial score (nSPS) is 17.6. The van der Waals surface area contributed by atoms with Gasteiger partial charge in [0.05, 0.1) is 37.3 Å². The molecule has 0 spiro atoms. The van der Waals surface area contributed by atoms with Gasteiger partial charge >= 0.3 is 0 Å². The van der Waals surface area contributed by atoms with Crippen molar-refractivity contribution in [3.63, 3.8) is 0 Å². The number of thioether (sulfide) groups is 1. The zero-order valence-corrected chi connectivity index (χ0v) is 21.0. The number of amides is 1. The van der Waals surface area contributed by atoms with Crippen molar-refractivity contribution in [3.8, 4) is 5.75 Å². The molecule has 3 aromatic rings. The molecule has 0 bridgehead atoms. The van der Waals surface area contributed by atoms with Crippen molar-refractivity contribution in [2.45, 2.75) is 13.5 Å². The SMILES string of the molecule is COc1ccc(CN2C(=O)/C(=C/c3c(N4CCOCC4)nc4c(C)cccn4c3=O)SC2=S)cc1. The fraction of sp³-hybridized carbons (Fsp3) is 0.280. The van der Waals surface area contributed by atoms with Crippen LogP contribution in [-0.4, -0.2) is 57.9 Å². The molecule has 8 nitrogen and oxygen atoms in total. The molecule has 2 saturated heterocycles. The van der Waals surface area contributed by atoms with Crippen LogP contribution in [-0.2, 0) is 16.1 Å². The first-order valence-corrected chi connectivity index (χ1v) is 12.4. The summed E-state index contributed by atoms with van der Waals surface area (Å²) in [5, 5.41) is 0. The monoisotopic (exact) mass is 508 g/mol. The Balaban J connectivity index is 1.54. The average molecular weight is 509 g/mol. The summed E-state index contributed by atoms with van der Waals surface area (Å²) in [6.07, 6.45) is 3.34. The molecule has 2 fully saturated rings. The summed E-state index contributed by atoms with van der Waals surface area (Å²) in [5.74, 6) is 1.08. The van der Waals surface area contributed by atoms with E-state index in [0.717, 1.165) is 16.9 Å². The average Bonchev–Trinajstić information content (AvgIpc) is 3.14. The molecule has 0 unspecified atom stereocenters. The number of ether oxygens (including phenoxy) is 2. The molecule has 5 rings (SSSR count). The quantitative estimate of drug-likeness (QED) is 0.384. The largest absolute Gasteiger partial charge is 0.497 e. The number of carbonyl (C=O) groups is 1. The predicted octanol–water partition coefficient (Wildman–Crippen LogP) is 3.25. The summed E-state index contributed by atoms with van der Waals surface area (Å²) in [4.78, 5) is 35.8. The smallest absolute Gasteiger partial charge is 0.267 e. The number of rotatable bonds is 5. The number of hydrogen-bond acceptors (Lipinski definition) is 8. The fourth-order valence-electron chi connectivity index (χ4n) is 4.12. The van der Waals surface area contributed by atoms with E-state index in [1.54, 1.807) is 24.3 Å². The minimum atomic E-state index is -0.225. The molecule has 180 valence electrons. The summed E-state index contributed by atoms with van der Waals surface area (Å²) < 4.78 is 12.7. The standard InChI is InChI=1S/C25H24N4O4S2/c1-16-4-3-9-28-21(16)26-22(27-10-12-33-13-11-27)19(23(28)30)14-20-24(31)29(25(34)35-20)15-17-5-7-18(32-2)8-6-17/h3-9,14H,10-13,15H2,1-2H3/b20-14-. The van der Waals surface area contributed by atoms with Gasteiger partial charge in [0, 0.05) is 19.3 Å². The first-order chi connectivity index (χ1) is 17.0. The second-order valence-corrected chi connectivity index (χ2v) is 9.93. The summed E-state index contributed by atoms with van der Waals surface area (Å²) in [6, 6.07) is 11.2. The van der Waals surface area contributed by atoms with Gasteiger partial charge in [-0.1, -0.05) is 42.2 Å². The minimum absolute atomic E-state index is 0.222. The maximum absolute atomic E-state index is 13.6. The van der Waals surface area contributed by atoms with E-state index in [4.69, 9.17) is 26.7 Å². The molecular weight excluding hydrogens is 484 g/mol. The number of thiocarbonyl (C=S) groups is 1. The molecule has 1 amide bonds. The van der Waals surface area contributed by atoms with E-state index in [9.17, 15) is 9.59 Å².